The van der Waals surface area contributed by atoms with Gasteiger partial charge < -0.3 is 5.73 Å². The zero-order valence-corrected chi connectivity index (χ0v) is 14.7. The van der Waals surface area contributed by atoms with E-state index < -0.39 is 27.9 Å². The molecule has 0 aromatic heterocycles. The second-order valence-corrected chi connectivity index (χ2v) is 8.13. The Morgan fingerprint density at radius 3 is 2.16 bits per heavy atom. The predicted molar refractivity (Wildman–Crippen MR) is 97.1 cm³/mol. The van der Waals surface area contributed by atoms with Gasteiger partial charge in [0, 0.05) is 6.04 Å². The van der Waals surface area contributed by atoms with Gasteiger partial charge in [-0.05, 0) is 36.1 Å². The quantitative estimate of drug-likeness (QED) is 0.861. The number of nitrogens with two attached hydrogens (primary N) is 1. The normalized spacial score (nSPS) is 21.0. The fraction of sp³-hybridized carbons (Fsp3) is 0.316. The average Bonchev–Trinajstić information content (AvgIpc) is 2.62. The standard InChI is InChI=1S/C19H22N2O3S/c20-19(22)17-8-4-5-9-18(17)21-25(23,24)16-12-10-15(11-13-16)14-6-2-1-3-7-14/h1-3,6-7,10-13,17-18,21H,4-5,8-9H2,(H2,20,22)/t17-,18+/m0/s1. The van der Waals surface area contributed by atoms with Gasteiger partial charge in [0.1, 0.15) is 0 Å². The van der Waals surface area contributed by atoms with Gasteiger partial charge in [-0.15, -0.1) is 0 Å². The van der Waals surface area contributed by atoms with Crippen LogP contribution in [0.1, 0.15) is 25.7 Å². The summed E-state index contributed by atoms with van der Waals surface area (Å²) in [6.45, 7) is 0. The molecule has 5 nitrogen and oxygen atoms in total. The zero-order valence-electron chi connectivity index (χ0n) is 13.9. The molecule has 0 bridgehead atoms. The number of hydrogen-bond donors (Lipinski definition) is 2. The van der Waals surface area contributed by atoms with Crippen LogP contribution in [-0.2, 0) is 14.8 Å². The Morgan fingerprint density at radius 1 is 0.920 bits per heavy atom. The molecule has 3 rings (SSSR count). The van der Waals surface area contributed by atoms with Crippen LogP contribution in [0.2, 0.25) is 0 Å². The van der Waals surface area contributed by atoms with Gasteiger partial charge >= 0.3 is 0 Å². The molecular weight excluding hydrogens is 336 g/mol. The molecule has 6 heteroatoms. The van der Waals surface area contributed by atoms with Crippen molar-refractivity contribution in [2.45, 2.75) is 36.6 Å². The maximum absolute atomic E-state index is 12.7. The zero-order chi connectivity index (χ0) is 17.9. The van der Waals surface area contributed by atoms with Crippen molar-refractivity contribution in [1.29, 1.82) is 0 Å². The van der Waals surface area contributed by atoms with Crippen LogP contribution in [0.3, 0.4) is 0 Å². The molecule has 0 spiro atoms. The van der Waals surface area contributed by atoms with Gasteiger partial charge in [-0.1, -0.05) is 55.3 Å². The lowest BCUT2D eigenvalue weighted by molar-refractivity contribution is -0.123. The van der Waals surface area contributed by atoms with Gasteiger partial charge in [0.25, 0.3) is 0 Å². The molecule has 1 amide bonds. The number of benzene rings is 2. The van der Waals surface area contributed by atoms with Crippen LogP contribution in [-0.4, -0.2) is 20.4 Å². The van der Waals surface area contributed by atoms with Gasteiger partial charge in [-0.2, -0.15) is 0 Å². The number of primary amides is 1. The van der Waals surface area contributed by atoms with Crippen molar-refractivity contribution < 1.29 is 13.2 Å². The number of nitrogens with one attached hydrogen (secondary N) is 1. The fourth-order valence-corrected chi connectivity index (χ4v) is 4.65. The van der Waals surface area contributed by atoms with E-state index in [0.717, 1.165) is 24.0 Å². The Morgan fingerprint density at radius 2 is 1.52 bits per heavy atom. The Kier molecular flexibility index (Phi) is 5.20. The number of rotatable bonds is 5. The summed E-state index contributed by atoms with van der Waals surface area (Å²) in [7, 11) is -3.68. The fourth-order valence-electron chi connectivity index (χ4n) is 3.34. The summed E-state index contributed by atoms with van der Waals surface area (Å²) in [5.41, 5.74) is 7.40. The highest BCUT2D eigenvalue weighted by molar-refractivity contribution is 7.89. The van der Waals surface area contributed by atoms with Crippen molar-refractivity contribution >= 4 is 15.9 Å². The van der Waals surface area contributed by atoms with Crippen LogP contribution in [0.25, 0.3) is 11.1 Å². The smallest absolute Gasteiger partial charge is 0.240 e. The number of hydrogen-bond acceptors (Lipinski definition) is 3. The molecule has 132 valence electrons. The van der Waals surface area contributed by atoms with E-state index >= 15 is 0 Å². The molecule has 2 atom stereocenters. The van der Waals surface area contributed by atoms with E-state index in [9.17, 15) is 13.2 Å². The van der Waals surface area contributed by atoms with Crippen LogP contribution >= 0.6 is 0 Å². The molecule has 0 unspecified atom stereocenters. The lowest BCUT2D eigenvalue weighted by atomic mass is 9.85. The third-order valence-electron chi connectivity index (χ3n) is 4.71. The number of amides is 1. The molecule has 0 radical (unpaired) electrons. The molecule has 2 aromatic carbocycles. The minimum absolute atomic E-state index is 0.195. The van der Waals surface area contributed by atoms with Gasteiger partial charge in [-0.25, -0.2) is 13.1 Å². The molecule has 0 saturated heterocycles. The molecule has 1 aliphatic rings. The SMILES string of the molecule is NC(=O)[C@H]1CCCC[C@H]1NS(=O)(=O)c1ccc(-c2ccccc2)cc1. The van der Waals surface area contributed by atoms with Gasteiger partial charge in [-0.3, -0.25) is 4.79 Å². The Hall–Kier alpha value is -2.18. The predicted octanol–water partition coefficient (Wildman–Crippen LogP) is 2.68. The summed E-state index contributed by atoms with van der Waals surface area (Å²) in [5.74, 6) is -0.876. The summed E-state index contributed by atoms with van der Waals surface area (Å²) in [5, 5.41) is 0. The molecule has 2 aromatic rings. The summed E-state index contributed by atoms with van der Waals surface area (Å²) in [4.78, 5) is 11.8. The molecule has 0 heterocycles. The molecule has 1 saturated carbocycles. The van der Waals surface area contributed by atoms with Gasteiger partial charge in [0.2, 0.25) is 15.9 Å². The first-order valence-corrected chi connectivity index (χ1v) is 9.93. The van der Waals surface area contributed by atoms with Crippen LogP contribution in [0, 0.1) is 5.92 Å². The van der Waals surface area contributed by atoms with Crippen molar-refractivity contribution in [3.8, 4) is 11.1 Å². The molecule has 3 N–H and O–H groups in total. The summed E-state index contributed by atoms with van der Waals surface area (Å²) < 4.78 is 28.0. The minimum Gasteiger partial charge on any atom is -0.369 e. The van der Waals surface area contributed by atoms with E-state index in [-0.39, 0.29) is 4.90 Å². The molecule has 1 fully saturated rings. The van der Waals surface area contributed by atoms with Crippen LogP contribution < -0.4 is 10.5 Å². The summed E-state index contributed by atoms with van der Waals surface area (Å²) >= 11 is 0. The van der Waals surface area contributed by atoms with Gasteiger partial charge in [0.15, 0.2) is 0 Å². The van der Waals surface area contributed by atoms with Crippen molar-refractivity contribution in [2.75, 3.05) is 0 Å². The number of carbonyl (C=O) groups excluding carboxylic acids is 1. The topological polar surface area (TPSA) is 89.3 Å². The Balaban J connectivity index is 1.79. The number of sulfonamides is 1. The highest BCUT2D eigenvalue weighted by Crippen LogP contribution is 2.26. The van der Waals surface area contributed by atoms with E-state index in [0.29, 0.717) is 12.8 Å². The van der Waals surface area contributed by atoms with Gasteiger partial charge in [0.05, 0.1) is 10.8 Å². The molecule has 1 aliphatic carbocycles. The van der Waals surface area contributed by atoms with Crippen molar-refractivity contribution in [3.05, 3.63) is 54.6 Å². The van der Waals surface area contributed by atoms with Crippen LogP contribution in [0.15, 0.2) is 59.5 Å². The van der Waals surface area contributed by atoms with E-state index in [1.54, 1.807) is 24.3 Å². The third-order valence-corrected chi connectivity index (χ3v) is 6.22. The highest BCUT2D eigenvalue weighted by Gasteiger charge is 2.32. The molecular formula is C19H22N2O3S. The summed E-state index contributed by atoms with van der Waals surface area (Å²) in [6.07, 6.45) is 3.06. The maximum atomic E-state index is 12.7. The van der Waals surface area contributed by atoms with E-state index in [1.165, 1.54) is 0 Å². The minimum atomic E-state index is -3.68. The lowest BCUT2D eigenvalue weighted by Crippen LogP contribution is -2.46. The van der Waals surface area contributed by atoms with Crippen molar-refractivity contribution in [3.63, 3.8) is 0 Å². The maximum Gasteiger partial charge on any atom is 0.240 e. The second-order valence-electron chi connectivity index (χ2n) is 6.41. The number of carbonyl (C=O) groups is 1. The van der Waals surface area contributed by atoms with Crippen molar-refractivity contribution in [2.24, 2.45) is 11.7 Å². The first-order valence-electron chi connectivity index (χ1n) is 8.44. The Labute approximate surface area is 148 Å². The molecule has 0 aliphatic heterocycles. The molecule has 25 heavy (non-hydrogen) atoms. The lowest BCUT2D eigenvalue weighted by Gasteiger charge is -2.29. The van der Waals surface area contributed by atoms with E-state index in [2.05, 4.69) is 4.72 Å². The largest absolute Gasteiger partial charge is 0.369 e. The first-order chi connectivity index (χ1) is 12.0. The van der Waals surface area contributed by atoms with Crippen molar-refractivity contribution in [1.82, 2.24) is 4.72 Å². The third kappa shape index (κ3) is 4.08. The van der Waals surface area contributed by atoms with Crippen LogP contribution in [0.5, 0.6) is 0 Å². The van der Waals surface area contributed by atoms with Crippen LogP contribution in [0.4, 0.5) is 0 Å². The monoisotopic (exact) mass is 358 g/mol. The first kappa shape index (κ1) is 17.6. The second kappa shape index (κ2) is 7.37. The highest BCUT2D eigenvalue weighted by atomic mass is 32.2. The Bertz CT molecular complexity index is 833. The summed E-state index contributed by atoms with van der Waals surface area (Å²) in [6, 6.07) is 16.1. The van der Waals surface area contributed by atoms with E-state index in [1.807, 2.05) is 30.3 Å². The van der Waals surface area contributed by atoms with E-state index in [4.69, 9.17) is 5.73 Å². The average molecular weight is 358 g/mol.